The van der Waals surface area contributed by atoms with Gasteiger partial charge in [-0.25, -0.2) is 0 Å². The molecule has 0 saturated heterocycles. The number of anilines is 1. The van der Waals surface area contributed by atoms with Gasteiger partial charge >= 0.3 is 0 Å². The van der Waals surface area contributed by atoms with Crippen LogP contribution in [-0.2, 0) is 4.79 Å². The number of hydrogen-bond acceptors (Lipinski definition) is 4. The molecule has 114 valence electrons. The minimum absolute atomic E-state index is 0.200. The van der Waals surface area contributed by atoms with E-state index >= 15 is 0 Å². The Morgan fingerprint density at radius 3 is 2.57 bits per heavy atom. The van der Waals surface area contributed by atoms with E-state index in [0.717, 1.165) is 11.3 Å². The third kappa shape index (κ3) is 2.94. The van der Waals surface area contributed by atoms with Gasteiger partial charge in [-0.1, -0.05) is 49.1 Å². The first-order valence-electron chi connectivity index (χ1n) is 7.27. The maximum Gasteiger partial charge on any atom is 0.280 e. The first-order valence-corrected chi connectivity index (χ1v) is 7.27. The molecule has 0 saturated carbocycles. The van der Waals surface area contributed by atoms with Crippen molar-refractivity contribution in [3.8, 4) is 0 Å². The minimum Gasteiger partial charge on any atom is -0.269 e. The summed E-state index contributed by atoms with van der Waals surface area (Å²) in [4.78, 5) is 12.5. The molecule has 1 unspecified atom stereocenters. The highest BCUT2D eigenvalue weighted by Gasteiger charge is 2.34. The van der Waals surface area contributed by atoms with Gasteiger partial charge in [0.15, 0.2) is 6.04 Å². The highest BCUT2D eigenvalue weighted by atomic mass is 16.2. The van der Waals surface area contributed by atoms with Crippen LogP contribution in [0.15, 0.2) is 76.5 Å². The summed E-state index contributed by atoms with van der Waals surface area (Å²) in [6.45, 7) is 5.53. The van der Waals surface area contributed by atoms with E-state index in [2.05, 4.69) is 21.9 Å². The van der Waals surface area contributed by atoms with Crippen molar-refractivity contribution in [1.82, 2.24) is 0 Å². The van der Waals surface area contributed by atoms with Crippen LogP contribution in [0.1, 0.15) is 12.5 Å². The molecule has 0 N–H and O–H groups in total. The fraction of sp³-hybridized carbons (Fsp3) is 0.111. The van der Waals surface area contributed by atoms with Crippen molar-refractivity contribution in [1.29, 1.82) is 0 Å². The standard InChI is InChI=1S/C18H16N4O/c1-3-14-9-7-8-12-16(14)19-20-17-13(2)21-22(18(17)23)15-10-5-4-6-11-15/h3-12,17H,1H2,2H3. The molecule has 2 aromatic carbocycles. The van der Waals surface area contributed by atoms with Crippen molar-refractivity contribution >= 4 is 29.1 Å². The Morgan fingerprint density at radius 1 is 1.13 bits per heavy atom. The second kappa shape index (κ2) is 6.36. The van der Waals surface area contributed by atoms with Gasteiger partial charge in [0.05, 0.1) is 17.1 Å². The van der Waals surface area contributed by atoms with E-state index < -0.39 is 6.04 Å². The van der Waals surface area contributed by atoms with Crippen LogP contribution in [0.5, 0.6) is 0 Å². The third-order valence-electron chi connectivity index (χ3n) is 3.53. The van der Waals surface area contributed by atoms with Gasteiger partial charge in [0.25, 0.3) is 5.91 Å². The Kier molecular flexibility index (Phi) is 4.10. The number of benzene rings is 2. The molecule has 5 heteroatoms. The van der Waals surface area contributed by atoms with Gasteiger partial charge in [0, 0.05) is 5.56 Å². The molecule has 2 aromatic rings. The first kappa shape index (κ1) is 14.8. The van der Waals surface area contributed by atoms with Crippen molar-refractivity contribution in [2.24, 2.45) is 15.3 Å². The van der Waals surface area contributed by atoms with Gasteiger partial charge in [-0.3, -0.25) is 4.79 Å². The summed E-state index contributed by atoms with van der Waals surface area (Å²) in [7, 11) is 0. The predicted molar refractivity (Wildman–Crippen MR) is 91.9 cm³/mol. The number of rotatable bonds is 4. The van der Waals surface area contributed by atoms with Crippen molar-refractivity contribution in [3.05, 3.63) is 66.7 Å². The minimum atomic E-state index is -0.687. The van der Waals surface area contributed by atoms with Crippen molar-refractivity contribution in [2.75, 3.05) is 5.01 Å². The number of hydrogen-bond donors (Lipinski definition) is 0. The Balaban J connectivity index is 1.85. The molecule has 0 aliphatic carbocycles. The maximum atomic E-state index is 12.5. The molecule has 1 aliphatic heterocycles. The molecule has 0 radical (unpaired) electrons. The lowest BCUT2D eigenvalue weighted by molar-refractivity contribution is -0.117. The average molecular weight is 304 g/mol. The molecule has 0 aromatic heterocycles. The average Bonchev–Trinajstić information content (AvgIpc) is 2.88. The van der Waals surface area contributed by atoms with Crippen LogP contribution in [0.4, 0.5) is 11.4 Å². The van der Waals surface area contributed by atoms with E-state index in [1.807, 2.05) is 54.6 Å². The smallest absolute Gasteiger partial charge is 0.269 e. The number of carbonyl (C=O) groups is 1. The van der Waals surface area contributed by atoms with Crippen molar-refractivity contribution in [2.45, 2.75) is 13.0 Å². The van der Waals surface area contributed by atoms with Crippen molar-refractivity contribution in [3.63, 3.8) is 0 Å². The largest absolute Gasteiger partial charge is 0.280 e. The third-order valence-corrected chi connectivity index (χ3v) is 3.53. The Hall–Kier alpha value is -3.08. The summed E-state index contributed by atoms with van der Waals surface area (Å²) >= 11 is 0. The summed E-state index contributed by atoms with van der Waals surface area (Å²) in [5, 5.41) is 14.1. The van der Waals surface area contributed by atoms with E-state index in [-0.39, 0.29) is 5.91 Å². The van der Waals surface area contributed by atoms with Gasteiger partial charge in [-0.05, 0) is 25.1 Å². The summed E-state index contributed by atoms with van der Waals surface area (Å²) in [5.74, 6) is -0.200. The molecule has 0 fully saturated rings. The zero-order valence-corrected chi connectivity index (χ0v) is 12.8. The van der Waals surface area contributed by atoms with Gasteiger partial charge in [0.2, 0.25) is 0 Å². The van der Waals surface area contributed by atoms with Crippen LogP contribution in [0.3, 0.4) is 0 Å². The number of amides is 1. The summed E-state index contributed by atoms with van der Waals surface area (Å²) in [6.07, 6.45) is 1.71. The molecule has 3 rings (SSSR count). The number of para-hydroxylation sites is 1. The fourth-order valence-electron chi connectivity index (χ4n) is 2.31. The molecule has 5 nitrogen and oxygen atoms in total. The highest BCUT2D eigenvalue weighted by Crippen LogP contribution is 2.24. The van der Waals surface area contributed by atoms with Crippen LogP contribution >= 0.6 is 0 Å². The van der Waals surface area contributed by atoms with Gasteiger partial charge in [0.1, 0.15) is 0 Å². The van der Waals surface area contributed by atoms with Crippen molar-refractivity contribution < 1.29 is 4.79 Å². The van der Waals surface area contributed by atoms with Crippen LogP contribution in [0, 0.1) is 0 Å². The molecule has 1 atom stereocenters. The lowest BCUT2D eigenvalue weighted by Gasteiger charge is -2.11. The van der Waals surface area contributed by atoms with Gasteiger partial charge in [-0.2, -0.15) is 20.3 Å². The van der Waals surface area contributed by atoms with Gasteiger partial charge < -0.3 is 0 Å². The number of hydrazone groups is 1. The van der Waals surface area contributed by atoms with E-state index in [1.54, 1.807) is 13.0 Å². The van der Waals surface area contributed by atoms with Crippen LogP contribution < -0.4 is 5.01 Å². The van der Waals surface area contributed by atoms with E-state index in [9.17, 15) is 4.79 Å². The molecule has 1 aliphatic rings. The van der Waals surface area contributed by atoms with Crippen LogP contribution in [-0.4, -0.2) is 17.7 Å². The number of azo groups is 1. The fourth-order valence-corrected chi connectivity index (χ4v) is 2.31. The SMILES string of the molecule is C=Cc1ccccc1N=NC1C(=O)N(c2ccccc2)N=C1C. The molecule has 0 bridgehead atoms. The van der Waals surface area contributed by atoms with E-state index in [1.165, 1.54) is 5.01 Å². The summed E-state index contributed by atoms with van der Waals surface area (Å²) in [5.41, 5.74) is 2.90. The monoisotopic (exact) mass is 304 g/mol. The molecule has 1 heterocycles. The van der Waals surface area contributed by atoms with Gasteiger partial charge in [-0.15, -0.1) is 0 Å². The quantitative estimate of drug-likeness (QED) is 0.781. The maximum absolute atomic E-state index is 12.5. The molecular formula is C18H16N4O. The van der Waals surface area contributed by atoms with E-state index in [4.69, 9.17) is 0 Å². The number of carbonyl (C=O) groups excluding carboxylic acids is 1. The molecule has 0 spiro atoms. The summed E-state index contributed by atoms with van der Waals surface area (Å²) in [6, 6.07) is 16.1. The Labute approximate surface area is 134 Å². The second-order valence-electron chi connectivity index (χ2n) is 5.11. The summed E-state index contributed by atoms with van der Waals surface area (Å²) < 4.78 is 0. The lowest BCUT2D eigenvalue weighted by atomic mass is 10.2. The van der Waals surface area contributed by atoms with Crippen LogP contribution in [0.25, 0.3) is 6.08 Å². The van der Waals surface area contributed by atoms with E-state index in [0.29, 0.717) is 11.4 Å². The Bertz CT molecular complexity index is 796. The molecular weight excluding hydrogens is 288 g/mol. The topological polar surface area (TPSA) is 57.4 Å². The number of nitrogens with zero attached hydrogens (tertiary/aromatic N) is 4. The lowest BCUT2D eigenvalue weighted by Crippen LogP contribution is -2.29. The molecule has 1 amide bonds. The second-order valence-corrected chi connectivity index (χ2v) is 5.11. The zero-order valence-electron chi connectivity index (χ0n) is 12.8. The normalized spacial score (nSPS) is 17.6. The first-order chi connectivity index (χ1) is 11.2. The highest BCUT2D eigenvalue weighted by molar-refractivity contribution is 6.18. The predicted octanol–water partition coefficient (Wildman–Crippen LogP) is 4.20. The Morgan fingerprint density at radius 2 is 1.83 bits per heavy atom. The zero-order chi connectivity index (χ0) is 16.2. The van der Waals surface area contributed by atoms with Crippen LogP contribution in [0.2, 0.25) is 0 Å². The molecule has 23 heavy (non-hydrogen) atoms.